The zero-order valence-corrected chi connectivity index (χ0v) is 15.7. The first-order valence-electron chi connectivity index (χ1n) is 7.30. The first-order chi connectivity index (χ1) is 12.0. The third-order valence-electron chi connectivity index (χ3n) is 3.54. The van der Waals surface area contributed by atoms with E-state index < -0.39 is 38.4 Å². The van der Waals surface area contributed by atoms with Crippen molar-refractivity contribution >= 4 is 27.3 Å². The van der Waals surface area contributed by atoms with Crippen molar-refractivity contribution in [1.29, 1.82) is 0 Å². The highest BCUT2D eigenvalue weighted by molar-refractivity contribution is 7.92. The Kier molecular flexibility index (Phi) is 5.84. The number of sulfonamides is 1. The fourth-order valence-corrected chi connectivity index (χ4v) is 3.94. The van der Waals surface area contributed by atoms with E-state index in [-0.39, 0.29) is 5.69 Å². The van der Waals surface area contributed by atoms with Crippen LogP contribution >= 0.6 is 11.6 Å². The summed E-state index contributed by atoms with van der Waals surface area (Å²) in [6.07, 6.45) is -3.23. The van der Waals surface area contributed by atoms with Gasteiger partial charge in [-0.3, -0.25) is 4.98 Å². The third kappa shape index (κ3) is 4.11. The maximum absolute atomic E-state index is 13.1. The quantitative estimate of drug-likeness (QED) is 0.697. The zero-order valence-electron chi connectivity index (χ0n) is 14.1. The lowest BCUT2D eigenvalue weighted by Gasteiger charge is -2.25. The van der Waals surface area contributed by atoms with Crippen molar-refractivity contribution in [1.82, 2.24) is 4.98 Å². The van der Waals surface area contributed by atoms with Crippen LogP contribution in [-0.4, -0.2) is 27.2 Å². The molecule has 0 bridgehead atoms. The van der Waals surface area contributed by atoms with Gasteiger partial charge in [0.2, 0.25) is 0 Å². The number of rotatable bonds is 5. The van der Waals surface area contributed by atoms with E-state index in [1.807, 2.05) is 0 Å². The summed E-state index contributed by atoms with van der Waals surface area (Å²) < 4.78 is 71.0. The fraction of sp³-hybridized carbons (Fsp3) is 0.312. The lowest BCUT2D eigenvalue weighted by atomic mass is 10.2. The van der Waals surface area contributed by atoms with Gasteiger partial charge in [-0.05, 0) is 43.7 Å². The Bertz CT molecular complexity index is 917. The van der Waals surface area contributed by atoms with Crippen LogP contribution in [0.15, 0.2) is 35.4 Å². The van der Waals surface area contributed by atoms with Crippen LogP contribution in [-0.2, 0) is 20.9 Å². The largest absolute Gasteiger partial charge is 0.417 e. The molecule has 2 aromatic rings. The van der Waals surface area contributed by atoms with E-state index in [4.69, 9.17) is 16.3 Å². The molecule has 0 aliphatic heterocycles. The Morgan fingerprint density at radius 1 is 1.23 bits per heavy atom. The molecule has 0 atom stereocenters. The highest BCUT2D eigenvalue weighted by Gasteiger charge is 2.36. The van der Waals surface area contributed by atoms with Crippen molar-refractivity contribution in [2.75, 3.05) is 18.1 Å². The summed E-state index contributed by atoms with van der Waals surface area (Å²) in [4.78, 5) is 3.55. The minimum Gasteiger partial charge on any atom is -0.363 e. The second kappa shape index (κ2) is 7.42. The van der Waals surface area contributed by atoms with Gasteiger partial charge in [-0.15, -0.1) is 0 Å². The number of hydrogen-bond acceptors (Lipinski definition) is 4. The summed E-state index contributed by atoms with van der Waals surface area (Å²) in [5, 5.41) is -0.580. The number of ether oxygens (including phenoxy) is 1. The Hall–Kier alpha value is -1.84. The van der Waals surface area contributed by atoms with E-state index in [1.54, 1.807) is 26.1 Å². The normalized spacial score (nSPS) is 12.3. The number of hydrogen-bond donors (Lipinski definition) is 0. The lowest BCUT2D eigenvalue weighted by Crippen LogP contribution is -2.34. The van der Waals surface area contributed by atoms with Crippen LogP contribution in [0.2, 0.25) is 5.02 Å². The highest BCUT2D eigenvalue weighted by Crippen LogP contribution is 2.37. The van der Waals surface area contributed by atoms with Gasteiger partial charge >= 0.3 is 6.18 Å². The number of methoxy groups -OCH3 is 1. The number of alkyl halides is 3. The molecule has 5 nitrogen and oxygen atoms in total. The van der Waals surface area contributed by atoms with Crippen LogP contribution in [0.4, 0.5) is 18.9 Å². The maximum Gasteiger partial charge on any atom is 0.417 e. The summed E-state index contributed by atoms with van der Waals surface area (Å²) >= 11 is 5.57. The van der Waals surface area contributed by atoms with Crippen molar-refractivity contribution in [2.24, 2.45) is 0 Å². The average molecular weight is 409 g/mol. The van der Waals surface area contributed by atoms with Crippen LogP contribution in [0.25, 0.3) is 0 Å². The van der Waals surface area contributed by atoms with Gasteiger partial charge < -0.3 is 4.74 Å². The number of halogens is 4. The standard InChI is InChI=1S/C16H16ClF3N2O3S/c1-10-6-15(11(2)21-8-10)22(9-25-3)26(23,24)12-4-5-14(17)13(7-12)16(18,19)20/h4-8H,9H2,1-3H3. The number of aromatic nitrogens is 1. The fourth-order valence-electron chi connectivity index (χ4n) is 2.27. The molecule has 0 amide bonds. The summed E-state index contributed by atoms with van der Waals surface area (Å²) in [6.45, 7) is 2.92. The van der Waals surface area contributed by atoms with Gasteiger partial charge in [0.05, 0.1) is 26.9 Å². The van der Waals surface area contributed by atoms with Crippen molar-refractivity contribution in [2.45, 2.75) is 24.9 Å². The van der Waals surface area contributed by atoms with Crippen molar-refractivity contribution in [3.05, 3.63) is 52.3 Å². The smallest absolute Gasteiger partial charge is 0.363 e. The number of nitrogens with zero attached hydrogens (tertiary/aromatic N) is 2. The van der Waals surface area contributed by atoms with E-state index in [0.29, 0.717) is 17.3 Å². The molecule has 26 heavy (non-hydrogen) atoms. The zero-order chi connectivity index (χ0) is 19.7. The lowest BCUT2D eigenvalue weighted by molar-refractivity contribution is -0.137. The molecule has 0 spiro atoms. The average Bonchev–Trinajstić information content (AvgIpc) is 2.54. The molecule has 0 aliphatic carbocycles. The molecule has 10 heteroatoms. The molecule has 0 N–H and O–H groups in total. The molecule has 142 valence electrons. The Balaban J connectivity index is 2.64. The van der Waals surface area contributed by atoms with E-state index in [2.05, 4.69) is 4.98 Å². The van der Waals surface area contributed by atoms with Gasteiger partial charge in [0.25, 0.3) is 10.0 Å². The topological polar surface area (TPSA) is 59.5 Å². The van der Waals surface area contributed by atoms with Crippen LogP contribution < -0.4 is 4.31 Å². The van der Waals surface area contributed by atoms with Gasteiger partial charge in [0, 0.05) is 13.3 Å². The summed E-state index contributed by atoms with van der Waals surface area (Å²) in [5.74, 6) is 0. The molecule has 0 fully saturated rings. The summed E-state index contributed by atoms with van der Waals surface area (Å²) in [6, 6.07) is 4.01. The van der Waals surface area contributed by atoms with E-state index in [0.717, 1.165) is 16.4 Å². The molecule has 0 unspecified atom stereocenters. The molecule has 1 heterocycles. The van der Waals surface area contributed by atoms with Gasteiger partial charge in [-0.25, -0.2) is 12.7 Å². The SMILES string of the molecule is COCN(c1cc(C)cnc1C)S(=O)(=O)c1ccc(Cl)c(C(F)(F)F)c1. The monoisotopic (exact) mass is 408 g/mol. The molecular formula is C16H16ClF3N2O3S. The molecule has 0 saturated carbocycles. The van der Waals surface area contributed by atoms with E-state index in [9.17, 15) is 21.6 Å². The molecular weight excluding hydrogens is 393 g/mol. The third-order valence-corrected chi connectivity index (χ3v) is 5.60. The van der Waals surface area contributed by atoms with E-state index >= 15 is 0 Å². The van der Waals surface area contributed by atoms with Crippen LogP contribution in [0.3, 0.4) is 0 Å². The van der Waals surface area contributed by atoms with Crippen molar-refractivity contribution in [3.63, 3.8) is 0 Å². The predicted molar refractivity (Wildman–Crippen MR) is 91.7 cm³/mol. The second-order valence-corrected chi connectivity index (χ2v) is 7.80. The maximum atomic E-state index is 13.1. The predicted octanol–water partition coefficient (Wildman–Crippen LogP) is 4.17. The highest BCUT2D eigenvalue weighted by atomic mass is 35.5. The van der Waals surface area contributed by atoms with Gasteiger partial charge in [-0.2, -0.15) is 13.2 Å². The summed E-state index contributed by atoms with van der Waals surface area (Å²) in [5.41, 5.74) is 0.0716. The minimum absolute atomic E-state index is 0.218. The van der Waals surface area contributed by atoms with E-state index in [1.165, 1.54) is 7.11 Å². The van der Waals surface area contributed by atoms with Crippen LogP contribution in [0, 0.1) is 13.8 Å². The second-order valence-electron chi connectivity index (χ2n) is 5.53. The molecule has 0 saturated heterocycles. The van der Waals surface area contributed by atoms with Gasteiger partial charge in [0.1, 0.15) is 6.73 Å². The number of benzene rings is 1. The number of anilines is 1. The van der Waals surface area contributed by atoms with Crippen LogP contribution in [0.1, 0.15) is 16.8 Å². The molecule has 0 aliphatic rings. The Morgan fingerprint density at radius 3 is 2.46 bits per heavy atom. The van der Waals surface area contributed by atoms with Crippen LogP contribution in [0.5, 0.6) is 0 Å². The molecule has 2 rings (SSSR count). The minimum atomic E-state index is -4.78. The number of pyridine rings is 1. The van der Waals surface area contributed by atoms with Crippen molar-refractivity contribution in [3.8, 4) is 0 Å². The Labute approximate surface area is 154 Å². The molecule has 1 aromatic carbocycles. The Morgan fingerprint density at radius 2 is 1.88 bits per heavy atom. The number of aryl methyl sites for hydroxylation is 2. The first kappa shape index (κ1) is 20.5. The first-order valence-corrected chi connectivity index (χ1v) is 9.12. The molecule has 0 radical (unpaired) electrons. The summed E-state index contributed by atoms with van der Waals surface area (Å²) in [7, 11) is -3.06. The van der Waals surface area contributed by atoms with Crippen molar-refractivity contribution < 1.29 is 26.3 Å². The van der Waals surface area contributed by atoms with Gasteiger partial charge in [-0.1, -0.05) is 11.6 Å². The molecule has 1 aromatic heterocycles. The van der Waals surface area contributed by atoms with Gasteiger partial charge in [0.15, 0.2) is 0 Å².